The summed E-state index contributed by atoms with van der Waals surface area (Å²) < 4.78 is 20.8. The Balaban J connectivity index is 4.45. The second kappa shape index (κ2) is 6.74. The van der Waals surface area contributed by atoms with Crippen molar-refractivity contribution in [3.05, 3.63) is 11.9 Å². The predicted molar refractivity (Wildman–Crippen MR) is 55.5 cm³/mol. The van der Waals surface area contributed by atoms with E-state index in [1.54, 1.807) is 0 Å². The highest BCUT2D eigenvalue weighted by Gasteiger charge is 2.16. The molecular formula is C8H16NO5P. The van der Waals surface area contributed by atoms with Crippen LogP contribution < -0.4 is 5.32 Å². The van der Waals surface area contributed by atoms with Gasteiger partial charge in [-0.3, -0.25) is 9.36 Å². The molecule has 0 radical (unpaired) electrons. The molecule has 0 aromatic heterocycles. The van der Waals surface area contributed by atoms with Crippen molar-refractivity contribution < 1.29 is 23.5 Å². The van der Waals surface area contributed by atoms with Crippen molar-refractivity contribution in [1.29, 1.82) is 0 Å². The summed E-state index contributed by atoms with van der Waals surface area (Å²) in [4.78, 5) is 10.7. The highest BCUT2D eigenvalue weighted by Crippen LogP contribution is 2.47. The fraction of sp³-hybridized carbons (Fsp3) is 0.625. The number of carbonyl (C=O) groups is 1. The van der Waals surface area contributed by atoms with E-state index in [2.05, 4.69) is 14.4 Å². The van der Waals surface area contributed by atoms with E-state index in [0.717, 1.165) is 0 Å². The minimum absolute atomic E-state index is 0.288. The number of hydrogen-bond acceptors (Lipinski definition) is 5. The molecule has 0 rings (SSSR count). The van der Waals surface area contributed by atoms with Crippen LogP contribution in [0.5, 0.6) is 0 Å². The van der Waals surface area contributed by atoms with Crippen LogP contribution in [0.4, 0.5) is 0 Å². The lowest BCUT2D eigenvalue weighted by Crippen LogP contribution is -2.34. The van der Waals surface area contributed by atoms with Crippen molar-refractivity contribution in [3.8, 4) is 0 Å². The van der Waals surface area contributed by atoms with Crippen molar-refractivity contribution in [2.45, 2.75) is 13.0 Å². The highest BCUT2D eigenvalue weighted by molar-refractivity contribution is 7.57. The smallest absolute Gasteiger partial charge is 0.353 e. The molecule has 1 atom stereocenters. The average Bonchev–Trinajstić information content (AvgIpc) is 2.23. The van der Waals surface area contributed by atoms with Gasteiger partial charge in [-0.25, -0.2) is 0 Å². The predicted octanol–water partition coefficient (Wildman–Crippen LogP) is 0.483. The summed E-state index contributed by atoms with van der Waals surface area (Å²) >= 11 is 0. The third-order valence-corrected chi connectivity index (χ3v) is 3.15. The van der Waals surface area contributed by atoms with Crippen LogP contribution in [-0.2, 0) is 18.4 Å². The molecule has 88 valence electrons. The van der Waals surface area contributed by atoms with Crippen molar-refractivity contribution in [2.75, 3.05) is 20.8 Å². The molecule has 0 aliphatic heterocycles. The first-order valence-electron chi connectivity index (χ1n) is 4.26. The van der Waals surface area contributed by atoms with E-state index in [9.17, 15) is 9.36 Å². The molecule has 0 fully saturated rings. The topological polar surface area (TPSA) is 84.9 Å². The summed E-state index contributed by atoms with van der Waals surface area (Å²) in [7, 11) is -0.733. The molecule has 15 heavy (non-hydrogen) atoms. The van der Waals surface area contributed by atoms with Crippen LogP contribution in [0, 0.1) is 0 Å². The fourth-order valence-corrected chi connectivity index (χ4v) is 1.63. The lowest BCUT2D eigenvalue weighted by molar-refractivity contribution is -0.119. The van der Waals surface area contributed by atoms with Gasteiger partial charge < -0.3 is 19.5 Å². The quantitative estimate of drug-likeness (QED) is 0.656. The van der Waals surface area contributed by atoms with Crippen molar-refractivity contribution in [3.63, 3.8) is 0 Å². The molecule has 1 unspecified atom stereocenters. The third-order valence-electron chi connectivity index (χ3n) is 1.60. The summed E-state index contributed by atoms with van der Waals surface area (Å²) in [5, 5.41) is 11.3. The Kier molecular flexibility index (Phi) is 6.43. The Morgan fingerprint density at radius 2 is 2.07 bits per heavy atom. The van der Waals surface area contributed by atoms with E-state index in [1.807, 2.05) is 0 Å². The lowest BCUT2D eigenvalue weighted by atomic mass is 10.3. The van der Waals surface area contributed by atoms with E-state index in [4.69, 9.17) is 5.11 Å². The molecule has 7 heteroatoms. The molecule has 1 amide bonds. The minimum atomic E-state index is -3.23. The zero-order valence-corrected chi connectivity index (χ0v) is 9.86. The van der Waals surface area contributed by atoms with Gasteiger partial charge in [-0.1, -0.05) is 6.08 Å². The van der Waals surface area contributed by atoms with Gasteiger partial charge in [-0.2, -0.15) is 0 Å². The van der Waals surface area contributed by atoms with Crippen molar-refractivity contribution in [2.24, 2.45) is 0 Å². The SMILES string of the molecule is COP(=O)(/C=C/C(CO)NC(C)=O)OC. The van der Waals surface area contributed by atoms with Crippen LogP contribution in [0.25, 0.3) is 0 Å². The maximum absolute atomic E-state index is 11.5. The second-order valence-electron chi connectivity index (χ2n) is 2.74. The summed E-state index contributed by atoms with van der Waals surface area (Å²) in [6.07, 6.45) is 1.37. The number of nitrogens with one attached hydrogen (secondary N) is 1. The number of rotatable bonds is 6. The standard InChI is InChI=1S/C8H16NO5P/c1-7(11)9-8(6-10)4-5-15(12,13-2)14-3/h4-5,8,10H,6H2,1-3H3,(H,9,11)/b5-4+. The van der Waals surface area contributed by atoms with Crippen LogP contribution in [0.2, 0.25) is 0 Å². The van der Waals surface area contributed by atoms with Crippen molar-refractivity contribution >= 4 is 13.5 Å². The lowest BCUT2D eigenvalue weighted by Gasteiger charge is -2.12. The second-order valence-corrected chi connectivity index (χ2v) is 4.84. The Hall–Kier alpha value is -0.680. The average molecular weight is 237 g/mol. The number of aliphatic hydroxyl groups is 1. The zero-order chi connectivity index (χ0) is 11.9. The number of aliphatic hydroxyl groups excluding tert-OH is 1. The highest BCUT2D eigenvalue weighted by atomic mass is 31.2. The number of carbonyl (C=O) groups excluding carboxylic acids is 1. The Morgan fingerprint density at radius 3 is 2.40 bits per heavy atom. The normalized spacial score (nSPS) is 14.1. The Bertz CT molecular complexity index is 270. The monoisotopic (exact) mass is 237 g/mol. The Labute approximate surface area is 88.8 Å². The van der Waals surface area contributed by atoms with E-state index in [1.165, 1.54) is 33.0 Å². The van der Waals surface area contributed by atoms with Crippen LogP contribution in [0.3, 0.4) is 0 Å². The number of amides is 1. The molecule has 0 bridgehead atoms. The maximum atomic E-state index is 11.5. The van der Waals surface area contributed by atoms with Gasteiger partial charge in [-0.15, -0.1) is 0 Å². The van der Waals surface area contributed by atoms with Crippen LogP contribution >= 0.6 is 7.60 Å². The molecule has 0 saturated heterocycles. The molecular weight excluding hydrogens is 221 g/mol. The van der Waals surface area contributed by atoms with E-state index < -0.39 is 13.6 Å². The molecule has 0 aromatic carbocycles. The number of hydrogen-bond donors (Lipinski definition) is 2. The van der Waals surface area contributed by atoms with Gasteiger partial charge in [0.15, 0.2) is 0 Å². The Morgan fingerprint density at radius 1 is 1.53 bits per heavy atom. The van der Waals surface area contributed by atoms with E-state index in [0.29, 0.717) is 0 Å². The van der Waals surface area contributed by atoms with E-state index in [-0.39, 0.29) is 12.5 Å². The first kappa shape index (κ1) is 14.3. The van der Waals surface area contributed by atoms with Gasteiger partial charge in [0.25, 0.3) is 0 Å². The largest absolute Gasteiger partial charge is 0.394 e. The van der Waals surface area contributed by atoms with Gasteiger partial charge in [0, 0.05) is 27.0 Å². The fourth-order valence-electron chi connectivity index (χ4n) is 0.821. The van der Waals surface area contributed by atoms with Gasteiger partial charge >= 0.3 is 7.60 Å². The summed E-state index contributed by atoms with van der Waals surface area (Å²) in [6.45, 7) is 1.03. The van der Waals surface area contributed by atoms with Gasteiger partial charge in [0.05, 0.1) is 12.6 Å². The summed E-state index contributed by atoms with van der Waals surface area (Å²) in [5.41, 5.74) is 0. The molecule has 0 saturated carbocycles. The molecule has 6 nitrogen and oxygen atoms in total. The van der Waals surface area contributed by atoms with Crippen LogP contribution in [0.15, 0.2) is 11.9 Å². The van der Waals surface area contributed by atoms with Crippen molar-refractivity contribution in [1.82, 2.24) is 5.32 Å². The molecule has 0 aromatic rings. The minimum Gasteiger partial charge on any atom is -0.394 e. The maximum Gasteiger partial charge on any atom is 0.353 e. The van der Waals surface area contributed by atoms with Gasteiger partial charge in [0.1, 0.15) is 0 Å². The van der Waals surface area contributed by atoms with E-state index >= 15 is 0 Å². The summed E-state index contributed by atoms with van der Waals surface area (Å²) in [5.74, 6) is 0.910. The first-order chi connectivity index (χ1) is 6.97. The molecule has 0 aliphatic carbocycles. The molecule has 0 heterocycles. The molecule has 2 N–H and O–H groups in total. The summed E-state index contributed by atoms with van der Waals surface area (Å²) in [6, 6.07) is -0.596. The molecule has 0 spiro atoms. The van der Waals surface area contributed by atoms with Gasteiger partial charge in [-0.05, 0) is 0 Å². The zero-order valence-electron chi connectivity index (χ0n) is 8.97. The first-order valence-corrected chi connectivity index (χ1v) is 5.87. The van der Waals surface area contributed by atoms with Gasteiger partial charge in [0.2, 0.25) is 5.91 Å². The van der Waals surface area contributed by atoms with Crippen LogP contribution in [0.1, 0.15) is 6.92 Å². The third kappa shape index (κ3) is 5.69. The van der Waals surface area contributed by atoms with Crippen LogP contribution in [-0.4, -0.2) is 37.9 Å². The molecule has 0 aliphatic rings.